The third-order valence-electron chi connectivity index (χ3n) is 2.44. The average Bonchev–Trinajstić information content (AvgIpc) is 2.33. The van der Waals surface area contributed by atoms with E-state index in [4.69, 9.17) is 4.74 Å². The zero-order valence-corrected chi connectivity index (χ0v) is 11.5. The second-order valence-electron chi connectivity index (χ2n) is 3.87. The van der Waals surface area contributed by atoms with Crippen molar-refractivity contribution in [1.82, 2.24) is 0 Å². The van der Waals surface area contributed by atoms with Gasteiger partial charge in [-0.3, -0.25) is 4.79 Å². The summed E-state index contributed by atoms with van der Waals surface area (Å²) in [6, 6.07) is 7.65. The van der Waals surface area contributed by atoms with Gasteiger partial charge in [-0.25, -0.2) is 8.78 Å². The van der Waals surface area contributed by atoms with Crippen LogP contribution in [0.15, 0.2) is 40.9 Å². The van der Waals surface area contributed by atoms with Gasteiger partial charge in [0.1, 0.15) is 11.6 Å². The minimum Gasteiger partial charge on any atom is -0.453 e. The quantitative estimate of drug-likeness (QED) is 0.763. The number of ether oxygens (including phenoxy) is 1. The van der Waals surface area contributed by atoms with E-state index in [0.29, 0.717) is 10.0 Å². The molecule has 0 fully saturated rings. The van der Waals surface area contributed by atoms with E-state index in [2.05, 4.69) is 15.9 Å². The molecule has 0 bridgehead atoms. The van der Waals surface area contributed by atoms with Crippen LogP contribution in [0.5, 0.6) is 11.5 Å². The fraction of sp³-hybridized carbons (Fsp3) is 0.0714. The molecule has 0 unspecified atom stereocenters. The molecule has 2 aromatic carbocycles. The Kier molecular flexibility index (Phi) is 3.95. The Morgan fingerprint density at radius 2 is 1.84 bits per heavy atom. The smallest absolute Gasteiger partial charge is 0.166 e. The lowest BCUT2D eigenvalue weighted by atomic mass is 10.1. The molecular weight excluding hydrogens is 318 g/mol. The maximum absolute atomic E-state index is 13.5. The standard InChI is InChI=1S/C14H9BrF2O2/c1-8(18)11-4-2-9(15)6-13(11)19-14-7-10(16)3-5-12(14)17/h2-7H,1H3. The topological polar surface area (TPSA) is 26.3 Å². The predicted octanol–water partition coefficient (Wildman–Crippen LogP) is 4.72. The Morgan fingerprint density at radius 3 is 2.53 bits per heavy atom. The van der Waals surface area contributed by atoms with Gasteiger partial charge in [0.05, 0.1) is 5.56 Å². The van der Waals surface area contributed by atoms with Crippen LogP contribution >= 0.6 is 15.9 Å². The molecule has 0 aromatic heterocycles. The Balaban J connectivity index is 2.45. The molecule has 2 nitrogen and oxygen atoms in total. The van der Waals surface area contributed by atoms with Gasteiger partial charge in [-0.15, -0.1) is 0 Å². The molecule has 0 radical (unpaired) electrons. The number of hydrogen-bond acceptors (Lipinski definition) is 2. The van der Waals surface area contributed by atoms with Crippen LogP contribution in [0.4, 0.5) is 8.78 Å². The highest BCUT2D eigenvalue weighted by atomic mass is 79.9. The van der Waals surface area contributed by atoms with E-state index < -0.39 is 11.6 Å². The first-order valence-electron chi connectivity index (χ1n) is 5.41. The number of Topliss-reactive ketones (excluding diaryl/α,β-unsaturated/α-hetero) is 1. The Morgan fingerprint density at radius 1 is 1.11 bits per heavy atom. The highest BCUT2D eigenvalue weighted by Gasteiger charge is 2.13. The molecule has 0 saturated heterocycles. The summed E-state index contributed by atoms with van der Waals surface area (Å²) in [6.45, 7) is 1.37. The fourth-order valence-electron chi connectivity index (χ4n) is 1.55. The van der Waals surface area contributed by atoms with E-state index in [1.165, 1.54) is 13.0 Å². The largest absolute Gasteiger partial charge is 0.453 e. The molecule has 5 heteroatoms. The first-order chi connectivity index (χ1) is 8.97. The summed E-state index contributed by atoms with van der Waals surface area (Å²) < 4.78 is 32.5. The zero-order chi connectivity index (χ0) is 14.0. The molecule has 0 atom stereocenters. The monoisotopic (exact) mass is 326 g/mol. The maximum Gasteiger partial charge on any atom is 0.166 e. The highest BCUT2D eigenvalue weighted by molar-refractivity contribution is 9.10. The first-order valence-corrected chi connectivity index (χ1v) is 6.20. The summed E-state index contributed by atoms with van der Waals surface area (Å²) in [5.41, 5.74) is 0.298. The molecule has 0 amide bonds. The maximum atomic E-state index is 13.5. The van der Waals surface area contributed by atoms with Crippen molar-refractivity contribution < 1.29 is 18.3 Å². The van der Waals surface area contributed by atoms with Crippen LogP contribution in [0.2, 0.25) is 0 Å². The number of carbonyl (C=O) groups is 1. The SMILES string of the molecule is CC(=O)c1ccc(Br)cc1Oc1cc(F)ccc1F. The van der Waals surface area contributed by atoms with Gasteiger partial charge in [-0.05, 0) is 37.3 Å². The number of halogens is 3. The lowest BCUT2D eigenvalue weighted by molar-refractivity contribution is 0.101. The third-order valence-corrected chi connectivity index (χ3v) is 2.93. The van der Waals surface area contributed by atoms with Gasteiger partial charge < -0.3 is 4.74 Å². The zero-order valence-electron chi connectivity index (χ0n) is 9.91. The van der Waals surface area contributed by atoms with Crippen LogP contribution in [0.25, 0.3) is 0 Å². The van der Waals surface area contributed by atoms with Crippen LogP contribution in [0.1, 0.15) is 17.3 Å². The number of rotatable bonds is 3. The van der Waals surface area contributed by atoms with Gasteiger partial charge in [0.2, 0.25) is 0 Å². The molecule has 0 heterocycles. The fourth-order valence-corrected chi connectivity index (χ4v) is 1.89. The summed E-state index contributed by atoms with van der Waals surface area (Å²) in [5.74, 6) is -1.63. The molecule has 2 aromatic rings. The number of hydrogen-bond donors (Lipinski definition) is 0. The van der Waals surface area contributed by atoms with Gasteiger partial charge in [-0.1, -0.05) is 15.9 Å². The van der Waals surface area contributed by atoms with Gasteiger partial charge in [0.25, 0.3) is 0 Å². The average molecular weight is 327 g/mol. The van der Waals surface area contributed by atoms with Crippen molar-refractivity contribution in [3.05, 3.63) is 58.1 Å². The third kappa shape index (κ3) is 3.17. The van der Waals surface area contributed by atoms with Gasteiger partial charge in [-0.2, -0.15) is 0 Å². The van der Waals surface area contributed by atoms with Crippen molar-refractivity contribution in [2.45, 2.75) is 6.92 Å². The van der Waals surface area contributed by atoms with Crippen molar-refractivity contribution >= 4 is 21.7 Å². The van der Waals surface area contributed by atoms with E-state index in [1.54, 1.807) is 12.1 Å². The Labute approximate surface area is 117 Å². The molecule has 2 rings (SSSR count). The Hall–Kier alpha value is -1.75. The molecule has 0 saturated carbocycles. The summed E-state index contributed by atoms with van der Waals surface area (Å²) >= 11 is 3.23. The molecule has 0 N–H and O–H groups in total. The molecule has 0 aliphatic heterocycles. The van der Waals surface area contributed by atoms with Gasteiger partial charge >= 0.3 is 0 Å². The van der Waals surface area contributed by atoms with E-state index >= 15 is 0 Å². The van der Waals surface area contributed by atoms with Gasteiger partial charge in [0, 0.05) is 10.5 Å². The van der Waals surface area contributed by atoms with Crippen LogP contribution in [-0.4, -0.2) is 5.78 Å². The lowest BCUT2D eigenvalue weighted by Crippen LogP contribution is -1.98. The summed E-state index contributed by atoms with van der Waals surface area (Å²) in [5, 5.41) is 0. The molecule has 0 aliphatic rings. The molecular formula is C14H9BrF2O2. The normalized spacial score (nSPS) is 10.3. The first kappa shape index (κ1) is 13.7. The molecule has 0 aliphatic carbocycles. The highest BCUT2D eigenvalue weighted by Crippen LogP contribution is 2.30. The van der Waals surface area contributed by atoms with Crippen LogP contribution < -0.4 is 4.74 Å². The van der Waals surface area contributed by atoms with E-state index in [-0.39, 0.29) is 17.3 Å². The van der Waals surface area contributed by atoms with Crippen molar-refractivity contribution in [2.24, 2.45) is 0 Å². The lowest BCUT2D eigenvalue weighted by Gasteiger charge is -2.10. The Bertz CT molecular complexity index is 641. The predicted molar refractivity (Wildman–Crippen MR) is 70.6 cm³/mol. The van der Waals surface area contributed by atoms with Crippen molar-refractivity contribution in [1.29, 1.82) is 0 Å². The number of ketones is 1. The second kappa shape index (κ2) is 5.48. The number of carbonyl (C=O) groups excluding carboxylic acids is 1. The van der Waals surface area contributed by atoms with E-state index in [9.17, 15) is 13.6 Å². The van der Waals surface area contributed by atoms with Gasteiger partial charge in [0.15, 0.2) is 17.3 Å². The molecule has 0 spiro atoms. The molecule has 98 valence electrons. The summed E-state index contributed by atoms with van der Waals surface area (Å²) in [4.78, 5) is 11.5. The van der Waals surface area contributed by atoms with Crippen LogP contribution in [0, 0.1) is 11.6 Å². The van der Waals surface area contributed by atoms with Crippen molar-refractivity contribution in [3.63, 3.8) is 0 Å². The molecule has 19 heavy (non-hydrogen) atoms. The van der Waals surface area contributed by atoms with Crippen LogP contribution in [0.3, 0.4) is 0 Å². The summed E-state index contributed by atoms with van der Waals surface area (Å²) in [7, 11) is 0. The van der Waals surface area contributed by atoms with E-state index in [1.807, 2.05) is 0 Å². The summed E-state index contributed by atoms with van der Waals surface area (Å²) in [6.07, 6.45) is 0. The minimum absolute atomic E-state index is 0.173. The second-order valence-corrected chi connectivity index (χ2v) is 4.79. The van der Waals surface area contributed by atoms with Crippen molar-refractivity contribution in [2.75, 3.05) is 0 Å². The minimum atomic E-state index is -0.698. The van der Waals surface area contributed by atoms with E-state index in [0.717, 1.165) is 18.2 Å². The number of benzene rings is 2. The van der Waals surface area contributed by atoms with Crippen molar-refractivity contribution in [3.8, 4) is 11.5 Å². The van der Waals surface area contributed by atoms with Crippen LogP contribution in [-0.2, 0) is 0 Å².